The van der Waals surface area contributed by atoms with Crippen molar-refractivity contribution >= 4 is 44.8 Å². The number of aromatic nitrogens is 7. The quantitative estimate of drug-likeness (QED) is 0.389. The van der Waals surface area contributed by atoms with Crippen LogP contribution in [0, 0.1) is 5.92 Å². The van der Waals surface area contributed by atoms with E-state index in [0.717, 1.165) is 41.4 Å². The number of carbonyl (C=O) groups excluding carboxylic acids is 1. The topological polar surface area (TPSA) is 131 Å². The van der Waals surface area contributed by atoms with Gasteiger partial charge in [-0.25, -0.2) is 9.97 Å². The molecular formula is C21H21N9OS2. The first kappa shape index (κ1) is 21.5. The number of carbonyl (C=O) groups is 1. The van der Waals surface area contributed by atoms with Crippen LogP contribution in [-0.2, 0) is 17.6 Å². The zero-order valence-corrected chi connectivity index (χ0v) is 19.2. The predicted molar refractivity (Wildman–Crippen MR) is 125 cm³/mol. The van der Waals surface area contributed by atoms with Crippen LogP contribution in [0.15, 0.2) is 42.9 Å². The maximum absolute atomic E-state index is 12.2. The Hall–Kier alpha value is -3.38. The molecule has 168 valence electrons. The highest BCUT2D eigenvalue weighted by Crippen LogP contribution is 2.41. The third-order valence-electron chi connectivity index (χ3n) is 5.36. The second-order valence-electron chi connectivity index (χ2n) is 7.77. The molecule has 0 bridgehead atoms. The molecule has 33 heavy (non-hydrogen) atoms. The molecule has 1 saturated carbocycles. The number of amides is 1. The van der Waals surface area contributed by atoms with Crippen molar-refractivity contribution in [3.8, 4) is 0 Å². The lowest BCUT2D eigenvalue weighted by Gasteiger charge is -2.06. The monoisotopic (exact) mass is 479 g/mol. The van der Waals surface area contributed by atoms with Crippen LogP contribution in [0.2, 0.25) is 0 Å². The Balaban J connectivity index is 1.12. The normalized spacial score (nSPS) is 17.7. The molecule has 1 amide bonds. The summed E-state index contributed by atoms with van der Waals surface area (Å²) in [5.41, 5.74) is 0.725. The smallest absolute Gasteiger partial charge is 0.232 e. The van der Waals surface area contributed by atoms with Crippen molar-refractivity contribution in [1.29, 1.82) is 0 Å². The van der Waals surface area contributed by atoms with Gasteiger partial charge in [-0.3, -0.25) is 15.1 Å². The van der Waals surface area contributed by atoms with Crippen molar-refractivity contribution in [3.05, 3.63) is 58.6 Å². The van der Waals surface area contributed by atoms with Gasteiger partial charge in [0.25, 0.3) is 0 Å². The van der Waals surface area contributed by atoms with Crippen LogP contribution in [0.25, 0.3) is 0 Å². The second-order valence-corrected chi connectivity index (χ2v) is 9.84. The molecular weight excluding hydrogens is 458 g/mol. The van der Waals surface area contributed by atoms with Crippen LogP contribution in [0.1, 0.15) is 40.9 Å². The molecule has 0 aliphatic heterocycles. The molecule has 4 heterocycles. The molecule has 0 saturated heterocycles. The standard InChI is InChI=1S/C21H21N9OS2/c31-16(12-15-4-1-2-7-22-15)25-20-29-27-17(32-20)11-13-5-6-14(10-13)18-28-30-21(33-18)26-19-23-8-3-9-24-19/h1-4,7-9,13-14H,5-6,10-12H2,(H,25,29,31)(H,23,24,26,30)/t13-,14+/m0/s1. The lowest BCUT2D eigenvalue weighted by molar-refractivity contribution is -0.115. The van der Waals surface area contributed by atoms with Crippen molar-refractivity contribution < 1.29 is 4.79 Å². The van der Waals surface area contributed by atoms with Gasteiger partial charge in [-0.2, -0.15) is 0 Å². The Morgan fingerprint density at radius 1 is 0.939 bits per heavy atom. The van der Waals surface area contributed by atoms with E-state index in [0.29, 0.717) is 28.0 Å². The fourth-order valence-corrected chi connectivity index (χ4v) is 5.61. The molecule has 4 aromatic rings. The molecule has 2 atom stereocenters. The van der Waals surface area contributed by atoms with Crippen molar-refractivity contribution in [2.75, 3.05) is 10.6 Å². The Bertz CT molecular complexity index is 1200. The third-order valence-corrected chi connectivity index (χ3v) is 7.22. The number of nitrogens with zero attached hydrogens (tertiary/aromatic N) is 7. The highest BCUT2D eigenvalue weighted by atomic mass is 32.1. The van der Waals surface area contributed by atoms with E-state index < -0.39 is 0 Å². The van der Waals surface area contributed by atoms with Gasteiger partial charge in [0.15, 0.2) is 0 Å². The summed E-state index contributed by atoms with van der Waals surface area (Å²) < 4.78 is 0. The van der Waals surface area contributed by atoms with E-state index in [2.05, 4.69) is 46.0 Å². The van der Waals surface area contributed by atoms with Crippen LogP contribution in [-0.4, -0.2) is 41.3 Å². The summed E-state index contributed by atoms with van der Waals surface area (Å²) in [6, 6.07) is 7.29. The molecule has 0 spiro atoms. The molecule has 1 aliphatic carbocycles. The zero-order valence-electron chi connectivity index (χ0n) is 17.6. The minimum atomic E-state index is -0.140. The van der Waals surface area contributed by atoms with Crippen molar-refractivity contribution in [2.45, 2.75) is 38.0 Å². The van der Waals surface area contributed by atoms with Crippen LogP contribution in [0.3, 0.4) is 0 Å². The second kappa shape index (κ2) is 10.0. The van der Waals surface area contributed by atoms with Crippen LogP contribution in [0.5, 0.6) is 0 Å². The number of pyridine rings is 1. The highest BCUT2D eigenvalue weighted by molar-refractivity contribution is 7.15. The SMILES string of the molecule is O=C(Cc1ccccn1)Nc1nnc(C[C@H]2CC[C@@H](c3nnc(Nc4ncccn4)s3)C2)s1. The average molecular weight is 480 g/mol. The summed E-state index contributed by atoms with van der Waals surface area (Å²) in [5, 5.41) is 26.2. The number of nitrogens with one attached hydrogen (secondary N) is 2. The summed E-state index contributed by atoms with van der Waals surface area (Å²) in [5.74, 6) is 1.28. The summed E-state index contributed by atoms with van der Waals surface area (Å²) in [6.45, 7) is 0. The van der Waals surface area contributed by atoms with Crippen molar-refractivity contribution in [2.24, 2.45) is 5.92 Å². The van der Waals surface area contributed by atoms with E-state index in [-0.39, 0.29) is 12.3 Å². The summed E-state index contributed by atoms with van der Waals surface area (Å²) in [7, 11) is 0. The van der Waals surface area contributed by atoms with Gasteiger partial charge in [-0.15, -0.1) is 20.4 Å². The minimum absolute atomic E-state index is 0.140. The van der Waals surface area contributed by atoms with Gasteiger partial charge in [0.05, 0.1) is 6.42 Å². The summed E-state index contributed by atoms with van der Waals surface area (Å²) in [4.78, 5) is 24.7. The Labute approximate surface area is 198 Å². The van der Waals surface area contributed by atoms with Gasteiger partial charge in [0, 0.05) is 36.6 Å². The molecule has 0 unspecified atom stereocenters. The van der Waals surface area contributed by atoms with Crippen LogP contribution >= 0.6 is 22.7 Å². The van der Waals surface area contributed by atoms with E-state index in [1.807, 2.05) is 18.2 Å². The van der Waals surface area contributed by atoms with E-state index in [1.165, 1.54) is 11.3 Å². The maximum Gasteiger partial charge on any atom is 0.232 e. The summed E-state index contributed by atoms with van der Waals surface area (Å²) in [6.07, 6.45) is 9.34. The Morgan fingerprint density at radius 3 is 2.64 bits per heavy atom. The number of anilines is 3. The largest absolute Gasteiger partial charge is 0.300 e. The molecule has 1 fully saturated rings. The number of hydrogen-bond acceptors (Lipinski definition) is 11. The van der Waals surface area contributed by atoms with E-state index >= 15 is 0 Å². The molecule has 1 aliphatic rings. The number of rotatable bonds is 8. The van der Waals surface area contributed by atoms with Gasteiger partial charge in [0.2, 0.25) is 22.1 Å². The lowest BCUT2D eigenvalue weighted by atomic mass is 10.0. The van der Waals surface area contributed by atoms with E-state index in [9.17, 15) is 4.79 Å². The third kappa shape index (κ3) is 5.71. The lowest BCUT2D eigenvalue weighted by Crippen LogP contribution is -2.14. The van der Waals surface area contributed by atoms with Crippen molar-refractivity contribution in [3.63, 3.8) is 0 Å². The van der Waals surface area contributed by atoms with E-state index in [1.54, 1.807) is 36.0 Å². The first-order valence-electron chi connectivity index (χ1n) is 10.6. The van der Waals surface area contributed by atoms with E-state index in [4.69, 9.17) is 0 Å². The fraction of sp³-hybridized carbons (Fsp3) is 0.333. The Morgan fingerprint density at radius 2 is 1.79 bits per heavy atom. The highest BCUT2D eigenvalue weighted by Gasteiger charge is 2.29. The predicted octanol–water partition coefficient (Wildman–Crippen LogP) is 3.63. The average Bonchev–Trinajstić information content (AvgIpc) is 3.57. The fourth-order valence-electron chi connectivity index (χ4n) is 3.86. The zero-order chi connectivity index (χ0) is 22.5. The molecule has 12 heteroatoms. The molecule has 4 aromatic heterocycles. The van der Waals surface area contributed by atoms with Crippen LogP contribution in [0.4, 0.5) is 16.2 Å². The first-order chi connectivity index (χ1) is 16.2. The van der Waals surface area contributed by atoms with Crippen LogP contribution < -0.4 is 10.6 Å². The summed E-state index contributed by atoms with van der Waals surface area (Å²) >= 11 is 2.99. The van der Waals surface area contributed by atoms with Gasteiger partial charge >= 0.3 is 0 Å². The molecule has 5 rings (SSSR count). The van der Waals surface area contributed by atoms with Gasteiger partial charge in [-0.1, -0.05) is 28.7 Å². The Kier molecular flexibility index (Phi) is 6.53. The van der Waals surface area contributed by atoms with Crippen molar-refractivity contribution in [1.82, 2.24) is 35.3 Å². The first-order valence-corrected chi connectivity index (χ1v) is 12.2. The molecule has 2 N–H and O–H groups in total. The minimum Gasteiger partial charge on any atom is -0.300 e. The molecule has 10 nitrogen and oxygen atoms in total. The number of hydrogen-bond donors (Lipinski definition) is 2. The van der Waals surface area contributed by atoms with Gasteiger partial charge in [0.1, 0.15) is 10.0 Å². The van der Waals surface area contributed by atoms with Gasteiger partial charge < -0.3 is 5.32 Å². The molecule has 0 radical (unpaired) electrons. The molecule has 0 aromatic carbocycles. The van der Waals surface area contributed by atoms with Gasteiger partial charge in [-0.05, 0) is 43.4 Å². The maximum atomic E-state index is 12.2.